The highest BCUT2D eigenvalue weighted by atomic mass is 19.1. The van der Waals surface area contributed by atoms with Gasteiger partial charge in [-0.3, -0.25) is 0 Å². The summed E-state index contributed by atoms with van der Waals surface area (Å²) in [5.41, 5.74) is 0.603. The van der Waals surface area contributed by atoms with Gasteiger partial charge in [0, 0.05) is 12.1 Å². The van der Waals surface area contributed by atoms with E-state index >= 15 is 4.39 Å². The predicted octanol–water partition coefficient (Wildman–Crippen LogP) is 7.76. The van der Waals surface area contributed by atoms with Crippen LogP contribution in [0.5, 0.6) is 11.5 Å². The molecule has 2 aliphatic rings. The van der Waals surface area contributed by atoms with Gasteiger partial charge < -0.3 is 9.47 Å². The largest absolute Gasteiger partial charge is 0.483 e. The zero-order valence-corrected chi connectivity index (χ0v) is 19.9. The van der Waals surface area contributed by atoms with Crippen LogP contribution in [0.2, 0.25) is 0 Å². The number of allylic oxidation sites excluding steroid dienone is 2. The van der Waals surface area contributed by atoms with E-state index in [1.165, 1.54) is 12.5 Å². The van der Waals surface area contributed by atoms with Crippen LogP contribution in [0.25, 0.3) is 0 Å². The van der Waals surface area contributed by atoms with E-state index in [2.05, 4.69) is 12.7 Å². The van der Waals surface area contributed by atoms with Crippen LogP contribution in [0.3, 0.4) is 0 Å². The smallest absolute Gasteiger partial charge is 0.343 e. The highest BCUT2D eigenvalue weighted by molar-refractivity contribution is 5.91. The third-order valence-electron chi connectivity index (χ3n) is 7.40. The molecule has 35 heavy (non-hydrogen) atoms. The molecule has 0 spiro atoms. The van der Waals surface area contributed by atoms with Gasteiger partial charge in [0.25, 0.3) is 0 Å². The second-order valence-electron chi connectivity index (χ2n) is 9.56. The molecule has 4 atom stereocenters. The molecule has 4 rings (SSSR count). The summed E-state index contributed by atoms with van der Waals surface area (Å²) in [6, 6.07) is 6.06. The van der Waals surface area contributed by atoms with E-state index < -0.39 is 29.2 Å². The highest BCUT2D eigenvalue weighted by Gasteiger charge is 2.36. The molecule has 186 valence electrons. The van der Waals surface area contributed by atoms with E-state index in [9.17, 15) is 13.6 Å². The number of esters is 1. The van der Waals surface area contributed by atoms with Crippen molar-refractivity contribution in [3.63, 3.8) is 0 Å². The molecule has 0 radical (unpaired) electrons. The fourth-order valence-electron chi connectivity index (χ4n) is 5.53. The number of carbonyl (C=O) groups is 1. The number of hydrogen-bond acceptors (Lipinski definition) is 3. The maximum Gasteiger partial charge on any atom is 0.343 e. The first kappa shape index (κ1) is 25.1. The van der Waals surface area contributed by atoms with Gasteiger partial charge in [-0.2, -0.15) is 0 Å². The van der Waals surface area contributed by atoms with Crippen LogP contribution in [-0.2, 0) is 0 Å². The Morgan fingerprint density at radius 1 is 1.00 bits per heavy atom. The lowest BCUT2D eigenvalue weighted by molar-refractivity contribution is 0.0733. The van der Waals surface area contributed by atoms with Crippen LogP contribution < -0.4 is 9.47 Å². The molecule has 2 aromatic carbocycles. The molecule has 0 amide bonds. The Bertz CT molecular complexity index is 1090. The van der Waals surface area contributed by atoms with E-state index in [0.717, 1.165) is 50.3 Å². The topological polar surface area (TPSA) is 35.5 Å². The number of ether oxygens (including phenoxy) is 2. The van der Waals surface area contributed by atoms with Gasteiger partial charge in [-0.1, -0.05) is 24.3 Å². The predicted molar refractivity (Wildman–Crippen MR) is 129 cm³/mol. The van der Waals surface area contributed by atoms with Crippen molar-refractivity contribution >= 4 is 5.97 Å². The first-order valence-electron chi connectivity index (χ1n) is 12.3. The Labute approximate surface area is 204 Å². The van der Waals surface area contributed by atoms with Crippen molar-refractivity contribution in [1.82, 2.24) is 0 Å². The fourth-order valence-corrected chi connectivity index (χ4v) is 5.53. The van der Waals surface area contributed by atoms with Gasteiger partial charge in [0.05, 0.1) is 5.56 Å². The molecule has 2 fully saturated rings. The molecule has 2 aromatic rings. The highest BCUT2D eigenvalue weighted by Crippen LogP contribution is 2.48. The first-order valence-corrected chi connectivity index (χ1v) is 12.3. The first-order chi connectivity index (χ1) is 16.9. The second kappa shape index (κ2) is 11.1. The Balaban J connectivity index is 1.41. The lowest BCUT2D eigenvalue weighted by Crippen LogP contribution is -2.30. The van der Waals surface area contributed by atoms with Crippen molar-refractivity contribution < 1.29 is 27.4 Å². The Hall–Kier alpha value is -3.02. The van der Waals surface area contributed by atoms with Crippen molar-refractivity contribution in [2.45, 2.75) is 51.4 Å². The molecule has 0 saturated heterocycles. The molecule has 3 nitrogen and oxygen atoms in total. The summed E-state index contributed by atoms with van der Waals surface area (Å²) in [7, 11) is 0. The van der Waals surface area contributed by atoms with E-state index in [-0.39, 0.29) is 23.8 Å². The van der Waals surface area contributed by atoms with Gasteiger partial charge in [-0.05, 0) is 86.8 Å². The van der Waals surface area contributed by atoms with Crippen LogP contribution in [0.4, 0.5) is 13.2 Å². The Kier molecular flexibility index (Phi) is 7.99. The quantitative estimate of drug-likeness (QED) is 0.229. The lowest BCUT2D eigenvalue weighted by atomic mass is 9.64. The van der Waals surface area contributed by atoms with Crippen molar-refractivity contribution in [1.29, 1.82) is 0 Å². The number of carbonyl (C=O) groups excluding carboxylic acids is 1. The molecule has 0 aromatic heterocycles. The average Bonchev–Trinajstić information content (AvgIpc) is 2.85. The van der Waals surface area contributed by atoms with E-state index in [0.29, 0.717) is 23.3 Å². The molecule has 6 heteroatoms. The third kappa shape index (κ3) is 5.80. The molecule has 2 aliphatic carbocycles. The molecule has 4 unspecified atom stereocenters. The summed E-state index contributed by atoms with van der Waals surface area (Å²) in [5.74, 6) is -2.18. The van der Waals surface area contributed by atoms with E-state index in [1.54, 1.807) is 25.1 Å². The number of hydrogen-bond donors (Lipinski definition) is 0. The lowest BCUT2D eigenvalue weighted by Gasteiger charge is -2.41. The van der Waals surface area contributed by atoms with Gasteiger partial charge in [0.2, 0.25) is 0 Å². The maximum atomic E-state index is 15.0. The van der Waals surface area contributed by atoms with Gasteiger partial charge in [0.15, 0.2) is 17.4 Å². The maximum absolute atomic E-state index is 15.0. The summed E-state index contributed by atoms with van der Waals surface area (Å²) >= 11 is 0. The minimum Gasteiger partial charge on any atom is -0.483 e. The molecule has 0 N–H and O–H groups in total. The summed E-state index contributed by atoms with van der Waals surface area (Å²) in [6.45, 7) is 5.70. The average molecular weight is 485 g/mol. The van der Waals surface area contributed by atoms with Crippen molar-refractivity contribution in [2.75, 3.05) is 6.61 Å². The molecule has 2 saturated carbocycles. The summed E-state index contributed by atoms with van der Waals surface area (Å²) < 4.78 is 53.7. The molecular formula is C29H31F3O3. The zero-order chi connectivity index (χ0) is 24.9. The molecular weight excluding hydrogens is 453 g/mol. The number of halogens is 3. The summed E-state index contributed by atoms with van der Waals surface area (Å²) in [6.07, 6.45) is 11.8. The van der Waals surface area contributed by atoms with Crippen LogP contribution in [0.1, 0.15) is 67.3 Å². The monoisotopic (exact) mass is 484 g/mol. The fraction of sp³-hybridized carbons (Fsp3) is 0.414. The van der Waals surface area contributed by atoms with Crippen molar-refractivity contribution in [2.24, 2.45) is 17.8 Å². The van der Waals surface area contributed by atoms with Crippen LogP contribution in [0.15, 0.2) is 55.1 Å². The summed E-state index contributed by atoms with van der Waals surface area (Å²) in [4.78, 5) is 12.5. The second-order valence-corrected chi connectivity index (χ2v) is 9.56. The van der Waals surface area contributed by atoms with E-state index in [4.69, 9.17) is 9.47 Å². The summed E-state index contributed by atoms with van der Waals surface area (Å²) in [5, 5.41) is 0. The van der Waals surface area contributed by atoms with Gasteiger partial charge >= 0.3 is 5.97 Å². The third-order valence-corrected chi connectivity index (χ3v) is 7.40. The molecule has 0 aliphatic heterocycles. The Morgan fingerprint density at radius 3 is 2.40 bits per heavy atom. The van der Waals surface area contributed by atoms with Crippen molar-refractivity contribution in [3.05, 3.63) is 83.7 Å². The zero-order valence-electron chi connectivity index (χ0n) is 19.9. The minimum absolute atomic E-state index is 0.00679. The van der Waals surface area contributed by atoms with Gasteiger partial charge in [-0.15, -0.1) is 6.58 Å². The SMILES string of the molecule is C=CC1CCC2CC(c3ccc(C(=O)Oc4cc(F)c(OC/C=C/C)c(F)c4)cc3F)CCC2C1. The number of fused-ring (bicyclic) bond motifs is 1. The van der Waals surface area contributed by atoms with Crippen LogP contribution >= 0.6 is 0 Å². The van der Waals surface area contributed by atoms with Gasteiger partial charge in [-0.25, -0.2) is 18.0 Å². The molecule has 0 bridgehead atoms. The van der Waals surface area contributed by atoms with E-state index in [1.807, 2.05) is 0 Å². The van der Waals surface area contributed by atoms with Gasteiger partial charge in [0.1, 0.15) is 18.2 Å². The molecule has 0 heterocycles. The minimum atomic E-state index is -0.989. The standard InChI is InChI=1S/C29H31F3O3/c1-3-5-12-34-28-26(31)16-23(17-27(28)32)35-29(33)22-10-11-24(25(30)15-22)21-9-8-19-13-18(4-2)6-7-20(19)14-21/h3-5,10-11,15-21H,2,6-9,12-14H2,1H3/b5-3+. The number of benzene rings is 2. The van der Waals surface area contributed by atoms with Crippen molar-refractivity contribution in [3.8, 4) is 11.5 Å². The Morgan fingerprint density at radius 2 is 1.71 bits per heavy atom. The van der Waals surface area contributed by atoms with Crippen LogP contribution in [0, 0.1) is 35.2 Å². The van der Waals surface area contributed by atoms with Crippen LogP contribution in [-0.4, -0.2) is 12.6 Å². The number of rotatable bonds is 7. The normalized spacial score (nSPS) is 24.1.